The highest BCUT2D eigenvalue weighted by molar-refractivity contribution is 7.14. The van der Waals surface area contributed by atoms with E-state index in [2.05, 4.69) is 25.8 Å². The Morgan fingerprint density at radius 2 is 2.13 bits per heavy atom. The topological polar surface area (TPSA) is 94.8 Å². The van der Waals surface area contributed by atoms with Gasteiger partial charge in [-0.15, -0.1) is 16.4 Å². The number of nitrogens with zero attached hydrogens (tertiary/aromatic N) is 5. The third-order valence-electron chi connectivity index (χ3n) is 3.16. The fraction of sp³-hybridized carbons (Fsp3) is 0.214. The zero-order chi connectivity index (χ0) is 16.2. The summed E-state index contributed by atoms with van der Waals surface area (Å²) >= 11 is 1.37. The van der Waals surface area contributed by atoms with Crippen LogP contribution in [0.4, 0.5) is 5.13 Å². The molecule has 1 N–H and O–H groups in total. The molecule has 0 bridgehead atoms. The Bertz CT molecular complexity index is 811. The molecular weight excluding hydrogens is 316 g/mol. The van der Waals surface area contributed by atoms with E-state index in [-0.39, 0.29) is 12.3 Å². The van der Waals surface area contributed by atoms with Crippen molar-refractivity contribution < 1.29 is 9.53 Å². The quantitative estimate of drug-likeness (QED) is 0.762. The van der Waals surface area contributed by atoms with Gasteiger partial charge in [0.15, 0.2) is 11.0 Å². The Balaban J connectivity index is 1.66. The molecule has 0 radical (unpaired) electrons. The van der Waals surface area contributed by atoms with Crippen LogP contribution in [0.1, 0.15) is 5.82 Å². The fourth-order valence-corrected chi connectivity index (χ4v) is 2.67. The monoisotopic (exact) mass is 330 g/mol. The molecule has 23 heavy (non-hydrogen) atoms. The van der Waals surface area contributed by atoms with Gasteiger partial charge >= 0.3 is 0 Å². The molecule has 0 saturated heterocycles. The molecule has 118 valence electrons. The Morgan fingerprint density at radius 3 is 2.78 bits per heavy atom. The molecule has 0 aliphatic carbocycles. The second-order valence-electron chi connectivity index (χ2n) is 4.71. The van der Waals surface area contributed by atoms with Crippen molar-refractivity contribution in [3.05, 3.63) is 35.5 Å². The molecule has 0 fully saturated rings. The van der Waals surface area contributed by atoms with Crippen molar-refractivity contribution in [2.45, 2.75) is 6.42 Å². The molecule has 1 aromatic carbocycles. The van der Waals surface area contributed by atoms with Crippen LogP contribution in [0.15, 0.2) is 29.6 Å². The van der Waals surface area contributed by atoms with Gasteiger partial charge in [0.1, 0.15) is 5.75 Å². The molecule has 3 rings (SSSR count). The van der Waals surface area contributed by atoms with Crippen LogP contribution < -0.4 is 10.1 Å². The Kier molecular flexibility index (Phi) is 4.29. The van der Waals surface area contributed by atoms with Gasteiger partial charge in [0.2, 0.25) is 5.91 Å². The maximum Gasteiger partial charge on any atom is 0.233 e. The van der Waals surface area contributed by atoms with E-state index in [0.29, 0.717) is 11.0 Å². The molecule has 0 atom stereocenters. The molecule has 8 nitrogen and oxygen atoms in total. The first-order valence-corrected chi connectivity index (χ1v) is 7.64. The number of carbonyl (C=O) groups is 1. The summed E-state index contributed by atoms with van der Waals surface area (Å²) in [4.78, 5) is 16.4. The highest BCUT2D eigenvalue weighted by atomic mass is 32.1. The van der Waals surface area contributed by atoms with Crippen molar-refractivity contribution in [2.24, 2.45) is 7.05 Å². The molecule has 0 saturated carbocycles. The Labute approximate surface area is 136 Å². The predicted molar refractivity (Wildman–Crippen MR) is 85.2 cm³/mol. The van der Waals surface area contributed by atoms with Crippen molar-refractivity contribution in [3.8, 4) is 17.0 Å². The molecule has 0 aliphatic heterocycles. The minimum Gasteiger partial charge on any atom is -0.497 e. The van der Waals surface area contributed by atoms with Crippen LogP contribution >= 0.6 is 11.3 Å². The van der Waals surface area contributed by atoms with Gasteiger partial charge < -0.3 is 10.1 Å². The average Bonchev–Trinajstić information content (AvgIpc) is 3.17. The van der Waals surface area contributed by atoms with Crippen molar-refractivity contribution in [3.63, 3.8) is 0 Å². The molecule has 2 heterocycles. The van der Waals surface area contributed by atoms with Crippen molar-refractivity contribution in [1.82, 2.24) is 25.2 Å². The van der Waals surface area contributed by atoms with Crippen LogP contribution in [-0.2, 0) is 18.3 Å². The second kappa shape index (κ2) is 6.53. The summed E-state index contributed by atoms with van der Waals surface area (Å²) in [6.07, 6.45) is 0.0982. The second-order valence-corrected chi connectivity index (χ2v) is 5.57. The van der Waals surface area contributed by atoms with Crippen LogP contribution in [0.5, 0.6) is 5.75 Å². The third-order valence-corrected chi connectivity index (χ3v) is 3.92. The Hall–Kier alpha value is -2.81. The predicted octanol–water partition coefficient (Wildman–Crippen LogP) is 1.52. The lowest BCUT2D eigenvalue weighted by Gasteiger charge is -2.01. The number of carbonyl (C=O) groups excluding carboxylic acids is 1. The minimum absolute atomic E-state index is 0.0982. The van der Waals surface area contributed by atoms with Crippen LogP contribution in [0.3, 0.4) is 0 Å². The average molecular weight is 330 g/mol. The zero-order valence-electron chi connectivity index (χ0n) is 12.6. The van der Waals surface area contributed by atoms with Gasteiger partial charge in [-0.1, -0.05) is 0 Å². The number of amides is 1. The number of aromatic nitrogens is 5. The SMILES string of the molecule is COc1ccc(-c2csc(NC(=O)Cc3nnnn3C)n2)cc1. The van der Waals surface area contributed by atoms with E-state index < -0.39 is 0 Å². The van der Waals surface area contributed by atoms with Crippen LogP contribution in [0, 0.1) is 0 Å². The van der Waals surface area contributed by atoms with E-state index in [0.717, 1.165) is 17.0 Å². The summed E-state index contributed by atoms with van der Waals surface area (Å²) in [5.41, 5.74) is 1.76. The lowest BCUT2D eigenvalue weighted by Crippen LogP contribution is -2.17. The van der Waals surface area contributed by atoms with Crippen molar-refractivity contribution in [1.29, 1.82) is 0 Å². The summed E-state index contributed by atoms with van der Waals surface area (Å²) in [5.74, 6) is 1.07. The van der Waals surface area contributed by atoms with Gasteiger partial charge in [0.25, 0.3) is 0 Å². The molecule has 9 heteroatoms. The van der Waals surface area contributed by atoms with Crippen molar-refractivity contribution >= 4 is 22.4 Å². The van der Waals surface area contributed by atoms with Crippen LogP contribution in [0.25, 0.3) is 11.3 Å². The molecule has 0 unspecified atom stereocenters. The minimum atomic E-state index is -0.210. The number of benzene rings is 1. The van der Waals surface area contributed by atoms with E-state index in [1.807, 2.05) is 29.6 Å². The van der Waals surface area contributed by atoms with Gasteiger partial charge in [0, 0.05) is 18.0 Å². The molecular formula is C14H14N6O2S. The van der Waals surface area contributed by atoms with Crippen LogP contribution in [0.2, 0.25) is 0 Å². The molecule has 2 aromatic heterocycles. The molecule has 3 aromatic rings. The lowest BCUT2D eigenvalue weighted by molar-refractivity contribution is -0.115. The molecule has 0 spiro atoms. The van der Waals surface area contributed by atoms with Gasteiger partial charge in [-0.25, -0.2) is 9.67 Å². The number of tetrazole rings is 1. The lowest BCUT2D eigenvalue weighted by atomic mass is 10.2. The standard InChI is InChI=1S/C14H14N6O2S/c1-20-12(17-18-19-20)7-13(21)16-14-15-11(8-23-14)9-3-5-10(22-2)6-4-9/h3-6,8H,7H2,1-2H3,(H,15,16,21). The number of thiazole rings is 1. The zero-order valence-corrected chi connectivity index (χ0v) is 13.4. The van der Waals surface area contributed by atoms with Gasteiger partial charge in [0.05, 0.1) is 19.2 Å². The number of methoxy groups -OCH3 is 1. The number of hydrogen-bond acceptors (Lipinski definition) is 7. The summed E-state index contributed by atoms with van der Waals surface area (Å²) in [5, 5.41) is 16.1. The summed E-state index contributed by atoms with van der Waals surface area (Å²) in [6.45, 7) is 0. The maximum atomic E-state index is 12.0. The van der Waals surface area contributed by atoms with Gasteiger partial charge in [-0.05, 0) is 34.7 Å². The summed E-state index contributed by atoms with van der Waals surface area (Å²) in [6, 6.07) is 7.58. The largest absolute Gasteiger partial charge is 0.497 e. The highest BCUT2D eigenvalue weighted by Gasteiger charge is 2.12. The maximum absolute atomic E-state index is 12.0. The smallest absolute Gasteiger partial charge is 0.233 e. The van der Waals surface area contributed by atoms with Crippen molar-refractivity contribution in [2.75, 3.05) is 12.4 Å². The fourth-order valence-electron chi connectivity index (χ4n) is 1.93. The van der Waals surface area contributed by atoms with E-state index in [9.17, 15) is 4.79 Å². The number of anilines is 1. The van der Waals surface area contributed by atoms with E-state index >= 15 is 0 Å². The number of ether oxygens (including phenoxy) is 1. The highest BCUT2D eigenvalue weighted by Crippen LogP contribution is 2.26. The van der Waals surface area contributed by atoms with E-state index in [1.165, 1.54) is 16.0 Å². The first-order chi connectivity index (χ1) is 11.2. The molecule has 1 amide bonds. The number of nitrogens with one attached hydrogen (secondary N) is 1. The van der Waals surface area contributed by atoms with Crippen LogP contribution in [-0.4, -0.2) is 38.2 Å². The van der Waals surface area contributed by atoms with E-state index in [4.69, 9.17) is 4.74 Å². The summed E-state index contributed by atoms with van der Waals surface area (Å²) in [7, 11) is 3.31. The number of hydrogen-bond donors (Lipinski definition) is 1. The summed E-state index contributed by atoms with van der Waals surface area (Å²) < 4.78 is 6.59. The number of aryl methyl sites for hydroxylation is 1. The number of rotatable bonds is 5. The van der Waals surface area contributed by atoms with Gasteiger partial charge in [-0.3, -0.25) is 4.79 Å². The normalized spacial score (nSPS) is 10.5. The van der Waals surface area contributed by atoms with Gasteiger partial charge in [-0.2, -0.15) is 0 Å². The third kappa shape index (κ3) is 3.51. The Morgan fingerprint density at radius 1 is 1.35 bits per heavy atom. The first kappa shape index (κ1) is 15.1. The molecule has 0 aliphatic rings. The first-order valence-electron chi connectivity index (χ1n) is 6.77. The van der Waals surface area contributed by atoms with E-state index in [1.54, 1.807) is 14.2 Å².